The first kappa shape index (κ1) is 31.0. The molecule has 0 aromatic heterocycles. The van der Waals surface area contributed by atoms with E-state index in [0.29, 0.717) is 6.54 Å². The number of amides is 2. The van der Waals surface area contributed by atoms with Gasteiger partial charge in [-0.25, -0.2) is 8.42 Å². The molecule has 214 valence electrons. The van der Waals surface area contributed by atoms with Crippen molar-refractivity contribution in [1.29, 1.82) is 0 Å². The third kappa shape index (κ3) is 7.55. The van der Waals surface area contributed by atoms with E-state index in [1.807, 2.05) is 45.0 Å². The number of nitrogens with zero attached hydrogens (tertiary/aromatic N) is 2. The zero-order valence-electron chi connectivity index (χ0n) is 23.5. The molecule has 0 spiro atoms. The van der Waals surface area contributed by atoms with E-state index in [4.69, 9.17) is 16.3 Å². The van der Waals surface area contributed by atoms with Crippen LogP contribution in [0, 0.1) is 13.8 Å². The standard InChI is InChI=1S/C30H36ClN3O5S/c1-6-17-32-30(36)23(4)33(19-24-11-7-21(2)8-12-24)29(35)20-34(27-18-25(31)13-16-28(27)39-5)40(37,38)26-14-9-22(3)10-15-26/h7-16,18,23H,6,17,19-20H2,1-5H3,(H,32,36)/t23-/m1/s1. The van der Waals surface area contributed by atoms with Crippen LogP contribution in [0.4, 0.5) is 5.69 Å². The van der Waals surface area contributed by atoms with Crippen molar-refractivity contribution in [3.63, 3.8) is 0 Å². The van der Waals surface area contributed by atoms with Crippen LogP contribution >= 0.6 is 11.6 Å². The van der Waals surface area contributed by atoms with Gasteiger partial charge in [0.2, 0.25) is 11.8 Å². The molecular weight excluding hydrogens is 550 g/mol. The SMILES string of the molecule is CCCNC(=O)[C@@H](C)N(Cc1ccc(C)cc1)C(=O)CN(c1cc(Cl)ccc1OC)S(=O)(=O)c1ccc(C)cc1. The number of methoxy groups -OCH3 is 1. The maximum absolute atomic E-state index is 14.0. The molecule has 2 amide bonds. The first-order valence-electron chi connectivity index (χ1n) is 13.0. The summed E-state index contributed by atoms with van der Waals surface area (Å²) in [5.41, 5.74) is 2.86. The molecule has 0 aliphatic heterocycles. The van der Waals surface area contributed by atoms with E-state index in [9.17, 15) is 18.0 Å². The summed E-state index contributed by atoms with van der Waals surface area (Å²) in [5, 5.41) is 3.11. The van der Waals surface area contributed by atoms with E-state index in [1.54, 1.807) is 31.2 Å². The van der Waals surface area contributed by atoms with Gasteiger partial charge in [0.05, 0.1) is 17.7 Å². The molecule has 3 rings (SSSR count). The topological polar surface area (TPSA) is 96.0 Å². The number of hydrogen-bond donors (Lipinski definition) is 1. The smallest absolute Gasteiger partial charge is 0.264 e. The molecule has 0 radical (unpaired) electrons. The molecule has 3 aromatic carbocycles. The predicted octanol–water partition coefficient (Wildman–Crippen LogP) is 5.10. The highest BCUT2D eigenvalue weighted by atomic mass is 35.5. The molecule has 3 aromatic rings. The maximum atomic E-state index is 14.0. The van der Waals surface area contributed by atoms with E-state index in [-0.39, 0.29) is 33.8 Å². The molecule has 0 aliphatic carbocycles. The first-order valence-corrected chi connectivity index (χ1v) is 14.9. The van der Waals surface area contributed by atoms with Gasteiger partial charge in [-0.2, -0.15) is 0 Å². The number of carbonyl (C=O) groups is 2. The number of ether oxygens (including phenoxy) is 1. The average Bonchev–Trinajstić information content (AvgIpc) is 2.93. The third-order valence-electron chi connectivity index (χ3n) is 6.49. The molecular formula is C30H36ClN3O5S. The normalized spacial score (nSPS) is 11.9. The number of rotatable bonds is 12. The number of aryl methyl sites for hydroxylation is 2. The van der Waals surface area contributed by atoms with Crippen molar-refractivity contribution in [2.24, 2.45) is 0 Å². The van der Waals surface area contributed by atoms with Gasteiger partial charge in [-0.1, -0.05) is 66.0 Å². The number of benzene rings is 3. The first-order chi connectivity index (χ1) is 19.0. The molecule has 0 unspecified atom stereocenters. The summed E-state index contributed by atoms with van der Waals surface area (Å²) in [4.78, 5) is 28.4. The van der Waals surface area contributed by atoms with Gasteiger partial charge in [0, 0.05) is 18.1 Å². The monoisotopic (exact) mass is 585 g/mol. The summed E-state index contributed by atoms with van der Waals surface area (Å²) in [6.45, 7) is 7.38. The Balaban J connectivity index is 2.08. The van der Waals surface area contributed by atoms with Crippen molar-refractivity contribution >= 4 is 39.1 Å². The van der Waals surface area contributed by atoms with Crippen molar-refractivity contribution in [1.82, 2.24) is 10.2 Å². The Kier molecular flexibility index (Phi) is 10.6. The van der Waals surface area contributed by atoms with Crippen LogP contribution in [0.15, 0.2) is 71.6 Å². The lowest BCUT2D eigenvalue weighted by Gasteiger charge is -2.32. The van der Waals surface area contributed by atoms with Crippen LogP contribution in [0.2, 0.25) is 5.02 Å². The predicted molar refractivity (Wildman–Crippen MR) is 158 cm³/mol. The van der Waals surface area contributed by atoms with Crippen LogP contribution in [-0.2, 0) is 26.2 Å². The second-order valence-corrected chi connectivity index (χ2v) is 11.9. The van der Waals surface area contributed by atoms with E-state index in [2.05, 4.69) is 5.32 Å². The van der Waals surface area contributed by atoms with Crippen molar-refractivity contribution in [2.75, 3.05) is 24.5 Å². The molecule has 0 saturated heterocycles. The molecule has 0 bridgehead atoms. The Morgan fingerprint density at radius 1 is 0.975 bits per heavy atom. The molecule has 1 atom stereocenters. The molecule has 10 heteroatoms. The van der Waals surface area contributed by atoms with Gasteiger partial charge in [0.15, 0.2) is 0 Å². The molecule has 8 nitrogen and oxygen atoms in total. The van der Waals surface area contributed by atoms with Crippen molar-refractivity contribution < 1.29 is 22.7 Å². The fraction of sp³-hybridized carbons (Fsp3) is 0.333. The van der Waals surface area contributed by atoms with Gasteiger partial charge in [0.25, 0.3) is 10.0 Å². The minimum absolute atomic E-state index is 0.00625. The number of hydrogen-bond acceptors (Lipinski definition) is 5. The van der Waals surface area contributed by atoms with E-state index < -0.39 is 28.5 Å². The fourth-order valence-corrected chi connectivity index (χ4v) is 5.66. The molecule has 0 fully saturated rings. The molecule has 1 N–H and O–H groups in total. The van der Waals surface area contributed by atoms with Gasteiger partial charge in [-0.05, 0) is 63.1 Å². The van der Waals surface area contributed by atoms with Crippen molar-refractivity contribution in [2.45, 2.75) is 51.6 Å². The molecule has 40 heavy (non-hydrogen) atoms. The lowest BCUT2D eigenvalue weighted by Crippen LogP contribution is -2.51. The Morgan fingerprint density at radius 2 is 1.57 bits per heavy atom. The van der Waals surface area contributed by atoms with Gasteiger partial charge < -0.3 is 15.0 Å². The number of carbonyl (C=O) groups excluding carboxylic acids is 2. The fourth-order valence-electron chi connectivity index (χ4n) is 4.08. The Hall–Kier alpha value is -3.56. The van der Waals surface area contributed by atoms with E-state index >= 15 is 0 Å². The van der Waals surface area contributed by atoms with E-state index in [0.717, 1.165) is 27.4 Å². The summed E-state index contributed by atoms with van der Waals surface area (Å²) >= 11 is 6.27. The minimum atomic E-state index is -4.24. The zero-order valence-corrected chi connectivity index (χ0v) is 25.1. The molecule has 0 saturated carbocycles. The second kappa shape index (κ2) is 13.7. The summed E-state index contributed by atoms with van der Waals surface area (Å²) in [6, 6.07) is 17.7. The highest BCUT2D eigenvalue weighted by Crippen LogP contribution is 2.35. The summed E-state index contributed by atoms with van der Waals surface area (Å²) in [6.07, 6.45) is 0.738. The lowest BCUT2D eigenvalue weighted by molar-refractivity contribution is -0.139. The van der Waals surface area contributed by atoms with Gasteiger partial charge >= 0.3 is 0 Å². The van der Waals surface area contributed by atoms with Crippen LogP contribution in [0.25, 0.3) is 0 Å². The van der Waals surface area contributed by atoms with Gasteiger partial charge in [-0.15, -0.1) is 0 Å². The summed E-state index contributed by atoms with van der Waals surface area (Å²) in [5.74, 6) is -0.653. The average molecular weight is 586 g/mol. The number of sulfonamides is 1. The largest absolute Gasteiger partial charge is 0.495 e. The van der Waals surface area contributed by atoms with Gasteiger partial charge in [0.1, 0.15) is 18.3 Å². The Labute approximate surface area is 241 Å². The number of anilines is 1. The Bertz CT molecular complexity index is 1430. The Morgan fingerprint density at radius 3 is 2.15 bits per heavy atom. The highest BCUT2D eigenvalue weighted by molar-refractivity contribution is 7.92. The van der Waals surface area contributed by atoms with Crippen LogP contribution < -0.4 is 14.4 Å². The van der Waals surface area contributed by atoms with E-state index in [1.165, 1.54) is 30.2 Å². The molecule has 0 aliphatic rings. The van der Waals surface area contributed by atoms with Crippen LogP contribution in [0.1, 0.15) is 37.0 Å². The zero-order chi connectivity index (χ0) is 29.4. The summed E-state index contributed by atoms with van der Waals surface area (Å²) in [7, 11) is -2.83. The van der Waals surface area contributed by atoms with Crippen LogP contribution in [-0.4, -0.2) is 51.4 Å². The van der Waals surface area contributed by atoms with Crippen LogP contribution in [0.3, 0.4) is 0 Å². The quantitative estimate of drug-likeness (QED) is 0.319. The second-order valence-electron chi connectivity index (χ2n) is 9.62. The number of halogens is 1. The lowest BCUT2D eigenvalue weighted by atomic mass is 10.1. The third-order valence-corrected chi connectivity index (χ3v) is 8.50. The van der Waals surface area contributed by atoms with Gasteiger partial charge in [-0.3, -0.25) is 13.9 Å². The van der Waals surface area contributed by atoms with Crippen LogP contribution in [0.5, 0.6) is 5.75 Å². The summed E-state index contributed by atoms with van der Waals surface area (Å²) < 4.78 is 34.4. The molecule has 0 heterocycles. The van der Waals surface area contributed by atoms with Crippen molar-refractivity contribution in [3.05, 3.63) is 88.4 Å². The highest BCUT2D eigenvalue weighted by Gasteiger charge is 2.34. The minimum Gasteiger partial charge on any atom is -0.495 e. The maximum Gasteiger partial charge on any atom is 0.264 e. The van der Waals surface area contributed by atoms with Crippen molar-refractivity contribution in [3.8, 4) is 5.75 Å². The number of nitrogens with one attached hydrogen (secondary N) is 1.